The predicted molar refractivity (Wildman–Crippen MR) is 68.1 cm³/mol. The van der Waals surface area contributed by atoms with E-state index < -0.39 is 0 Å². The predicted octanol–water partition coefficient (Wildman–Crippen LogP) is 4.47. The Kier molecular flexibility index (Phi) is 4.99. The minimum atomic E-state index is 0.493. The van der Waals surface area contributed by atoms with Crippen molar-refractivity contribution >= 4 is 49.5 Å². The van der Waals surface area contributed by atoms with Crippen molar-refractivity contribution in [3.63, 3.8) is 0 Å². The largest absolute Gasteiger partial charge is 0.495 e. The number of benzene rings is 1. The first-order chi connectivity index (χ1) is 6.69. The van der Waals surface area contributed by atoms with E-state index in [0.29, 0.717) is 5.88 Å². The third kappa shape index (κ3) is 3.01. The van der Waals surface area contributed by atoms with E-state index in [9.17, 15) is 0 Å². The lowest BCUT2D eigenvalue weighted by molar-refractivity contribution is 0.411. The second kappa shape index (κ2) is 5.79. The molecule has 0 unspecified atom stereocenters. The molecule has 0 aromatic heterocycles. The van der Waals surface area contributed by atoms with Crippen LogP contribution in [0.1, 0.15) is 5.56 Å². The van der Waals surface area contributed by atoms with E-state index in [1.807, 2.05) is 24.3 Å². The molecule has 0 amide bonds. The van der Waals surface area contributed by atoms with Crippen molar-refractivity contribution < 1.29 is 4.74 Å². The maximum Gasteiger partial charge on any atom is 0.140 e. The molecule has 0 spiro atoms. The third-order valence-corrected chi connectivity index (χ3v) is 2.85. The van der Waals surface area contributed by atoms with Crippen LogP contribution in [0.25, 0.3) is 6.08 Å². The molecule has 1 nitrogen and oxygen atoms in total. The van der Waals surface area contributed by atoms with Crippen LogP contribution >= 0.6 is 43.5 Å². The minimum absolute atomic E-state index is 0.493. The molecule has 0 heterocycles. The zero-order chi connectivity index (χ0) is 10.6. The highest BCUT2D eigenvalue weighted by Gasteiger charge is 2.06. The molecule has 0 atom stereocenters. The summed E-state index contributed by atoms with van der Waals surface area (Å²) in [6.07, 6.45) is 3.81. The zero-order valence-corrected chi connectivity index (χ0v) is 11.5. The van der Waals surface area contributed by atoms with Crippen LogP contribution in [0.2, 0.25) is 0 Å². The van der Waals surface area contributed by atoms with Crippen LogP contribution in [0.3, 0.4) is 0 Å². The summed E-state index contributed by atoms with van der Waals surface area (Å²) < 4.78 is 7.19. The van der Waals surface area contributed by atoms with Gasteiger partial charge in [-0.1, -0.05) is 28.1 Å². The Morgan fingerprint density at radius 3 is 2.71 bits per heavy atom. The first-order valence-corrected chi connectivity index (χ1v) is 6.06. The van der Waals surface area contributed by atoms with Gasteiger partial charge in [0.2, 0.25) is 0 Å². The van der Waals surface area contributed by atoms with Crippen molar-refractivity contribution in [2.45, 2.75) is 0 Å². The number of rotatable bonds is 3. The quantitative estimate of drug-likeness (QED) is 0.738. The van der Waals surface area contributed by atoms with Crippen LogP contribution in [0, 0.1) is 0 Å². The van der Waals surface area contributed by atoms with Crippen LogP contribution in [0.5, 0.6) is 5.75 Å². The third-order valence-electron chi connectivity index (χ3n) is 1.63. The van der Waals surface area contributed by atoms with Gasteiger partial charge in [-0.15, -0.1) is 11.6 Å². The van der Waals surface area contributed by atoms with Gasteiger partial charge in [0, 0.05) is 15.9 Å². The standard InChI is InChI=1S/C10H9Br2ClO/c1-14-10-7(3-2-4-13)5-8(11)6-9(10)12/h2-3,5-6H,4H2,1H3. The molecule has 0 N–H and O–H groups in total. The molecule has 0 aliphatic carbocycles. The summed E-state index contributed by atoms with van der Waals surface area (Å²) in [5, 5.41) is 0. The van der Waals surface area contributed by atoms with Gasteiger partial charge in [-0.3, -0.25) is 0 Å². The number of ether oxygens (including phenoxy) is 1. The molecule has 0 aliphatic rings. The van der Waals surface area contributed by atoms with Crippen LogP contribution in [-0.4, -0.2) is 13.0 Å². The SMILES string of the molecule is COc1c(Br)cc(Br)cc1C=CCCl. The molecule has 0 radical (unpaired) electrons. The van der Waals surface area contributed by atoms with Gasteiger partial charge in [0.05, 0.1) is 11.6 Å². The second-order valence-electron chi connectivity index (χ2n) is 2.57. The molecule has 76 valence electrons. The Morgan fingerprint density at radius 2 is 2.14 bits per heavy atom. The van der Waals surface area contributed by atoms with E-state index in [2.05, 4.69) is 31.9 Å². The number of hydrogen-bond acceptors (Lipinski definition) is 1. The molecule has 0 bridgehead atoms. The van der Waals surface area contributed by atoms with Crippen molar-refractivity contribution in [3.8, 4) is 5.75 Å². The Morgan fingerprint density at radius 1 is 1.43 bits per heavy atom. The zero-order valence-electron chi connectivity index (χ0n) is 7.56. The van der Waals surface area contributed by atoms with Crippen molar-refractivity contribution in [2.75, 3.05) is 13.0 Å². The lowest BCUT2D eigenvalue weighted by atomic mass is 10.2. The highest BCUT2D eigenvalue weighted by molar-refractivity contribution is 9.11. The number of halogens is 3. The van der Waals surface area contributed by atoms with Crippen molar-refractivity contribution in [1.82, 2.24) is 0 Å². The molecule has 1 aromatic carbocycles. The Hall–Kier alpha value is 0.01000. The normalized spacial score (nSPS) is 10.9. The minimum Gasteiger partial charge on any atom is -0.495 e. The lowest BCUT2D eigenvalue weighted by Crippen LogP contribution is -1.88. The first-order valence-electron chi connectivity index (χ1n) is 3.94. The summed E-state index contributed by atoms with van der Waals surface area (Å²) >= 11 is 12.4. The van der Waals surface area contributed by atoms with E-state index in [4.69, 9.17) is 16.3 Å². The molecular weight excluding hydrogens is 331 g/mol. The van der Waals surface area contributed by atoms with E-state index in [0.717, 1.165) is 20.3 Å². The van der Waals surface area contributed by atoms with Gasteiger partial charge >= 0.3 is 0 Å². The molecule has 1 rings (SSSR count). The second-order valence-corrected chi connectivity index (χ2v) is 4.65. The molecule has 0 saturated heterocycles. The summed E-state index contributed by atoms with van der Waals surface area (Å²) in [5.74, 6) is 1.31. The highest BCUT2D eigenvalue weighted by atomic mass is 79.9. The number of alkyl halides is 1. The topological polar surface area (TPSA) is 9.23 Å². The molecular formula is C10H9Br2ClO. The fourth-order valence-corrected chi connectivity index (χ4v) is 2.60. The van der Waals surface area contributed by atoms with Crippen LogP contribution in [-0.2, 0) is 0 Å². The van der Waals surface area contributed by atoms with Gasteiger partial charge in [0.1, 0.15) is 5.75 Å². The maximum absolute atomic E-state index is 5.58. The number of hydrogen-bond donors (Lipinski definition) is 0. The summed E-state index contributed by atoms with van der Waals surface area (Å²) in [4.78, 5) is 0. The van der Waals surface area contributed by atoms with Crippen LogP contribution < -0.4 is 4.74 Å². The van der Waals surface area contributed by atoms with E-state index >= 15 is 0 Å². The molecule has 0 saturated carbocycles. The highest BCUT2D eigenvalue weighted by Crippen LogP contribution is 2.33. The van der Waals surface area contributed by atoms with Crippen molar-refractivity contribution in [1.29, 1.82) is 0 Å². The fourth-order valence-electron chi connectivity index (χ4n) is 1.09. The molecule has 1 aromatic rings. The average molecular weight is 340 g/mol. The van der Waals surface area contributed by atoms with Gasteiger partial charge in [-0.05, 0) is 28.1 Å². The summed E-state index contributed by atoms with van der Waals surface area (Å²) in [5.41, 5.74) is 0.995. The molecule has 14 heavy (non-hydrogen) atoms. The molecule has 0 fully saturated rings. The van der Waals surface area contributed by atoms with E-state index in [1.54, 1.807) is 7.11 Å². The van der Waals surface area contributed by atoms with Crippen LogP contribution in [0.15, 0.2) is 27.2 Å². The first kappa shape index (κ1) is 12.1. The number of allylic oxidation sites excluding steroid dienone is 1. The summed E-state index contributed by atoms with van der Waals surface area (Å²) in [6, 6.07) is 3.92. The van der Waals surface area contributed by atoms with Gasteiger partial charge < -0.3 is 4.74 Å². The van der Waals surface area contributed by atoms with Gasteiger partial charge in [-0.2, -0.15) is 0 Å². The summed E-state index contributed by atoms with van der Waals surface area (Å²) in [7, 11) is 1.64. The Labute approximate surface area is 105 Å². The monoisotopic (exact) mass is 338 g/mol. The van der Waals surface area contributed by atoms with E-state index in [1.165, 1.54) is 0 Å². The number of methoxy groups -OCH3 is 1. The Balaban J connectivity index is 3.18. The average Bonchev–Trinajstić information content (AvgIpc) is 2.14. The Bertz CT molecular complexity index is 350. The van der Waals surface area contributed by atoms with Crippen molar-refractivity contribution in [2.24, 2.45) is 0 Å². The molecule has 0 aliphatic heterocycles. The molecule has 4 heteroatoms. The van der Waals surface area contributed by atoms with Gasteiger partial charge in [-0.25, -0.2) is 0 Å². The van der Waals surface area contributed by atoms with Gasteiger partial charge in [0.25, 0.3) is 0 Å². The smallest absolute Gasteiger partial charge is 0.140 e. The van der Waals surface area contributed by atoms with Crippen LogP contribution in [0.4, 0.5) is 0 Å². The summed E-state index contributed by atoms with van der Waals surface area (Å²) in [6.45, 7) is 0. The lowest BCUT2D eigenvalue weighted by Gasteiger charge is -2.07. The fraction of sp³-hybridized carbons (Fsp3) is 0.200. The van der Waals surface area contributed by atoms with E-state index in [-0.39, 0.29) is 0 Å². The maximum atomic E-state index is 5.58. The van der Waals surface area contributed by atoms with Gasteiger partial charge in [0.15, 0.2) is 0 Å². The van der Waals surface area contributed by atoms with Crippen molar-refractivity contribution in [3.05, 3.63) is 32.7 Å².